The number of hydrogen-bond donors (Lipinski definition) is 3. The topological polar surface area (TPSA) is 76.4 Å². The van der Waals surface area contributed by atoms with Crippen LogP contribution in [0, 0.1) is 0 Å². The molecule has 6 heteroatoms. The minimum atomic E-state index is 0.190. The number of halogens is 2. The molecule has 0 aliphatic rings. The Morgan fingerprint density at radius 1 is 1.38 bits per heavy atom. The van der Waals surface area contributed by atoms with Crippen LogP contribution in [-0.2, 0) is 0 Å². The molecular formula is C7H8Cl2N4. The van der Waals surface area contributed by atoms with Gasteiger partial charge < -0.3 is 5.73 Å². The van der Waals surface area contributed by atoms with Crippen molar-refractivity contribution in [2.45, 2.75) is 0 Å². The predicted molar refractivity (Wildman–Crippen MR) is 54.5 cm³/mol. The molecule has 0 bridgehead atoms. The fourth-order valence-corrected chi connectivity index (χ4v) is 1.23. The zero-order valence-corrected chi connectivity index (χ0v) is 8.10. The molecule has 0 aliphatic carbocycles. The molecule has 0 saturated carbocycles. The van der Waals surface area contributed by atoms with Crippen LogP contribution in [0.15, 0.2) is 23.3 Å². The first kappa shape index (κ1) is 10.1. The largest absolute Gasteiger partial charge is 0.382 e. The Morgan fingerprint density at radius 2 is 2.08 bits per heavy atom. The SMILES string of the molecule is NN/N=C(\N)c1cccc(Cl)c1Cl. The van der Waals surface area contributed by atoms with Crippen molar-refractivity contribution >= 4 is 29.0 Å². The van der Waals surface area contributed by atoms with Crippen molar-refractivity contribution in [1.82, 2.24) is 5.53 Å². The average Bonchev–Trinajstić information content (AvgIpc) is 2.10. The summed E-state index contributed by atoms with van der Waals surface area (Å²) in [5.41, 5.74) is 8.16. The van der Waals surface area contributed by atoms with Gasteiger partial charge in [-0.25, -0.2) is 11.4 Å². The summed E-state index contributed by atoms with van der Waals surface area (Å²) in [6, 6.07) is 5.09. The third-order valence-electron chi connectivity index (χ3n) is 1.41. The van der Waals surface area contributed by atoms with Gasteiger partial charge in [-0.15, -0.1) is 5.10 Å². The molecule has 13 heavy (non-hydrogen) atoms. The van der Waals surface area contributed by atoms with Crippen molar-refractivity contribution in [3.8, 4) is 0 Å². The zero-order chi connectivity index (χ0) is 9.84. The molecule has 0 heterocycles. The maximum absolute atomic E-state index is 5.86. The molecule has 0 saturated heterocycles. The number of nitrogens with two attached hydrogens (primary N) is 2. The molecule has 0 unspecified atom stereocenters. The number of hydrazine groups is 1. The van der Waals surface area contributed by atoms with Crippen LogP contribution in [0.1, 0.15) is 5.56 Å². The maximum Gasteiger partial charge on any atom is 0.153 e. The Labute approximate surface area is 85.5 Å². The maximum atomic E-state index is 5.86. The number of rotatable bonds is 2. The molecule has 0 aromatic heterocycles. The molecule has 4 nitrogen and oxygen atoms in total. The van der Waals surface area contributed by atoms with Crippen molar-refractivity contribution in [2.75, 3.05) is 0 Å². The highest BCUT2D eigenvalue weighted by Crippen LogP contribution is 2.24. The highest BCUT2D eigenvalue weighted by atomic mass is 35.5. The van der Waals surface area contributed by atoms with Gasteiger partial charge in [0, 0.05) is 5.56 Å². The lowest BCUT2D eigenvalue weighted by Gasteiger charge is -2.03. The number of amidine groups is 1. The third-order valence-corrected chi connectivity index (χ3v) is 2.23. The number of hydrazone groups is 1. The van der Waals surface area contributed by atoms with E-state index in [0.29, 0.717) is 15.6 Å². The van der Waals surface area contributed by atoms with Gasteiger partial charge in [0.25, 0.3) is 0 Å². The first-order chi connectivity index (χ1) is 6.16. The second-order valence-corrected chi connectivity index (χ2v) is 3.01. The summed E-state index contributed by atoms with van der Waals surface area (Å²) < 4.78 is 0. The Morgan fingerprint density at radius 3 is 2.69 bits per heavy atom. The number of nitrogens with zero attached hydrogens (tertiary/aromatic N) is 1. The number of benzene rings is 1. The van der Waals surface area contributed by atoms with E-state index in [0.717, 1.165) is 0 Å². The van der Waals surface area contributed by atoms with E-state index in [1.807, 2.05) is 0 Å². The normalized spacial score (nSPS) is 11.5. The van der Waals surface area contributed by atoms with Crippen molar-refractivity contribution in [1.29, 1.82) is 0 Å². The van der Waals surface area contributed by atoms with Crippen LogP contribution in [0.2, 0.25) is 10.0 Å². The molecule has 1 aromatic rings. The summed E-state index contributed by atoms with van der Waals surface area (Å²) in [6.07, 6.45) is 0. The molecule has 5 N–H and O–H groups in total. The minimum absolute atomic E-state index is 0.190. The summed E-state index contributed by atoms with van der Waals surface area (Å²) in [6.45, 7) is 0. The van der Waals surface area contributed by atoms with Crippen LogP contribution in [0.25, 0.3) is 0 Å². The number of hydrogen-bond acceptors (Lipinski definition) is 3. The van der Waals surface area contributed by atoms with Gasteiger partial charge in [0.2, 0.25) is 0 Å². The molecule has 0 fully saturated rings. The molecule has 0 spiro atoms. The average molecular weight is 219 g/mol. The summed E-state index contributed by atoms with van der Waals surface area (Å²) in [5.74, 6) is 5.15. The van der Waals surface area contributed by atoms with Crippen LogP contribution < -0.4 is 17.1 Å². The lowest BCUT2D eigenvalue weighted by atomic mass is 10.2. The van der Waals surface area contributed by atoms with Crippen LogP contribution in [-0.4, -0.2) is 5.84 Å². The van der Waals surface area contributed by atoms with Gasteiger partial charge in [-0.3, -0.25) is 0 Å². The summed E-state index contributed by atoms with van der Waals surface area (Å²) in [5, 5.41) is 4.36. The smallest absolute Gasteiger partial charge is 0.153 e. The van der Waals surface area contributed by atoms with E-state index in [4.69, 9.17) is 34.8 Å². The lowest BCUT2D eigenvalue weighted by molar-refractivity contribution is 0.804. The van der Waals surface area contributed by atoms with E-state index in [1.165, 1.54) is 0 Å². The highest BCUT2D eigenvalue weighted by molar-refractivity contribution is 6.43. The second-order valence-electron chi connectivity index (χ2n) is 2.23. The molecule has 0 atom stereocenters. The van der Waals surface area contributed by atoms with E-state index in [9.17, 15) is 0 Å². The van der Waals surface area contributed by atoms with E-state index < -0.39 is 0 Å². The van der Waals surface area contributed by atoms with Gasteiger partial charge in [-0.2, -0.15) is 0 Å². The predicted octanol–water partition coefficient (Wildman–Crippen LogP) is 1.08. The van der Waals surface area contributed by atoms with Gasteiger partial charge in [-0.05, 0) is 12.1 Å². The quantitative estimate of drug-likeness (QED) is 0.301. The van der Waals surface area contributed by atoms with Gasteiger partial charge in [0.05, 0.1) is 10.0 Å². The monoisotopic (exact) mass is 218 g/mol. The van der Waals surface area contributed by atoms with E-state index >= 15 is 0 Å². The van der Waals surface area contributed by atoms with Crippen LogP contribution >= 0.6 is 23.2 Å². The van der Waals surface area contributed by atoms with Crippen molar-refractivity contribution < 1.29 is 0 Å². The summed E-state index contributed by atoms with van der Waals surface area (Å²) >= 11 is 11.6. The first-order valence-electron chi connectivity index (χ1n) is 3.40. The molecule has 1 rings (SSSR count). The van der Waals surface area contributed by atoms with E-state index in [1.54, 1.807) is 18.2 Å². The Bertz CT molecular complexity index is 337. The third kappa shape index (κ3) is 2.24. The molecular weight excluding hydrogens is 211 g/mol. The molecule has 0 radical (unpaired) electrons. The molecule has 0 aliphatic heterocycles. The number of nitrogens with one attached hydrogen (secondary N) is 1. The van der Waals surface area contributed by atoms with E-state index in [-0.39, 0.29) is 5.84 Å². The van der Waals surface area contributed by atoms with E-state index in [2.05, 4.69) is 10.6 Å². The van der Waals surface area contributed by atoms with Gasteiger partial charge in [0.15, 0.2) is 5.84 Å². The minimum Gasteiger partial charge on any atom is -0.382 e. The molecule has 70 valence electrons. The molecule has 1 aromatic carbocycles. The highest BCUT2D eigenvalue weighted by Gasteiger charge is 2.07. The lowest BCUT2D eigenvalue weighted by Crippen LogP contribution is -2.23. The van der Waals surface area contributed by atoms with Crippen LogP contribution in [0.5, 0.6) is 0 Å². The Kier molecular flexibility index (Phi) is 3.36. The summed E-state index contributed by atoms with van der Waals surface area (Å²) in [7, 11) is 0. The fraction of sp³-hybridized carbons (Fsp3) is 0. The zero-order valence-electron chi connectivity index (χ0n) is 6.59. The van der Waals surface area contributed by atoms with Crippen molar-refractivity contribution in [2.24, 2.45) is 16.7 Å². The standard InChI is InChI=1S/C7H8Cl2N4/c8-5-3-1-2-4(6(5)9)7(10)12-13-11/h1-3,13H,11H2,(H2,10,12). The summed E-state index contributed by atoms with van der Waals surface area (Å²) in [4.78, 5) is 0. The first-order valence-corrected chi connectivity index (χ1v) is 4.15. The van der Waals surface area contributed by atoms with Crippen molar-refractivity contribution in [3.63, 3.8) is 0 Å². The Balaban J connectivity index is 3.15. The van der Waals surface area contributed by atoms with Gasteiger partial charge in [-0.1, -0.05) is 29.3 Å². The Hall–Kier alpha value is -0.970. The fourth-order valence-electron chi connectivity index (χ4n) is 0.831. The van der Waals surface area contributed by atoms with Crippen LogP contribution in [0.4, 0.5) is 0 Å². The second kappa shape index (κ2) is 4.32. The molecule has 0 amide bonds. The van der Waals surface area contributed by atoms with Crippen LogP contribution in [0.3, 0.4) is 0 Å². The van der Waals surface area contributed by atoms with Gasteiger partial charge in [0.1, 0.15) is 0 Å². The van der Waals surface area contributed by atoms with Crippen molar-refractivity contribution in [3.05, 3.63) is 33.8 Å². The van der Waals surface area contributed by atoms with Gasteiger partial charge >= 0.3 is 0 Å².